The van der Waals surface area contributed by atoms with Crippen molar-refractivity contribution < 1.29 is 19.1 Å². The quantitative estimate of drug-likeness (QED) is 0.222. The molecule has 1 heterocycles. The van der Waals surface area contributed by atoms with Crippen molar-refractivity contribution in [3.63, 3.8) is 0 Å². The van der Waals surface area contributed by atoms with Crippen molar-refractivity contribution in [3.8, 4) is 11.5 Å². The number of urea groups is 1. The topological polar surface area (TPSA) is 67.9 Å². The number of hydrogen-bond donors (Lipinski definition) is 1. The Morgan fingerprint density at radius 2 is 2.00 bits per heavy atom. The lowest BCUT2D eigenvalue weighted by Gasteiger charge is -2.15. The van der Waals surface area contributed by atoms with Crippen molar-refractivity contribution in [2.75, 3.05) is 13.2 Å². The molecule has 1 N–H and O–H groups in total. The molecule has 0 saturated carbocycles. The lowest BCUT2D eigenvalue weighted by molar-refractivity contribution is -0.122. The fraction of sp³-hybridized carbons (Fsp3) is 0.182. The summed E-state index contributed by atoms with van der Waals surface area (Å²) in [6.07, 6.45) is 3.12. The van der Waals surface area contributed by atoms with E-state index in [-0.39, 0.29) is 12.2 Å². The molecule has 30 heavy (non-hydrogen) atoms. The number of rotatable bonds is 8. The predicted octanol–water partition coefficient (Wildman–Crippen LogP) is 5.00. The molecule has 3 rings (SSSR count). The van der Waals surface area contributed by atoms with Crippen molar-refractivity contribution in [2.45, 2.75) is 13.5 Å². The molecule has 6 nitrogen and oxygen atoms in total. The molecule has 156 valence electrons. The first-order valence-electron chi connectivity index (χ1n) is 9.22. The van der Waals surface area contributed by atoms with Crippen LogP contribution in [0.4, 0.5) is 4.79 Å². The van der Waals surface area contributed by atoms with Crippen LogP contribution in [0.25, 0.3) is 6.08 Å². The van der Waals surface area contributed by atoms with Gasteiger partial charge in [0.25, 0.3) is 5.91 Å². The maximum atomic E-state index is 12.4. The molecule has 2 aromatic rings. The molecule has 1 aliphatic heterocycles. The molecular weight excluding hydrogens is 519 g/mol. The highest BCUT2D eigenvalue weighted by atomic mass is 127. The van der Waals surface area contributed by atoms with E-state index < -0.39 is 11.9 Å². The van der Waals surface area contributed by atoms with E-state index in [1.54, 1.807) is 12.1 Å². The van der Waals surface area contributed by atoms with Crippen LogP contribution in [0.1, 0.15) is 18.1 Å². The van der Waals surface area contributed by atoms with E-state index in [4.69, 9.17) is 21.1 Å². The lowest BCUT2D eigenvalue weighted by atomic mass is 10.1. The van der Waals surface area contributed by atoms with Gasteiger partial charge in [0.05, 0.1) is 10.2 Å². The zero-order chi connectivity index (χ0) is 21.7. The Bertz CT molecular complexity index is 1020. The minimum atomic E-state index is -0.467. The molecule has 1 saturated heterocycles. The highest BCUT2D eigenvalue weighted by Gasteiger charge is 2.32. The molecule has 1 fully saturated rings. The van der Waals surface area contributed by atoms with E-state index in [2.05, 4.69) is 34.5 Å². The molecule has 3 amide bonds. The summed E-state index contributed by atoms with van der Waals surface area (Å²) >= 11 is 8.37. The molecule has 0 bridgehead atoms. The number of hydrogen-bond acceptors (Lipinski definition) is 4. The van der Waals surface area contributed by atoms with Crippen LogP contribution >= 0.6 is 34.2 Å². The normalized spacial score (nSPS) is 14.8. The molecule has 8 heteroatoms. The van der Waals surface area contributed by atoms with Crippen LogP contribution in [0.3, 0.4) is 0 Å². The molecule has 0 spiro atoms. The molecule has 0 atom stereocenters. The van der Waals surface area contributed by atoms with Gasteiger partial charge in [-0.15, -0.1) is 6.58 Å². The zero-order valence-electron chi connectivity index (χ0n) is 16.3. The predicted molar refractivity (Wildman–Crippen MR) is 125 cm³/mol. The van der Waals surface area contributed by atoms with Crippen LogP contribution in [0, 0.1) is 3.57 Å². The van der Waals surface area contributed by atoms with Gasteiger partial charge in [0.1, 0.15) is 12.3 Å². The van der Waals surface area contributed by atoms with E-state index in [0.717, 1.165) is 14.0 Å². The van der Waals surface area contributed by atoms with Gasteiger partial charge in [0.2, 0.25) is 0 Å². The standard InChI is InChI=1S/C22H20ClIN2O4/c1-3-9-26-21(27)18(25-22(26)28)11-14-10-17(24)20(19(12-14)29-4-2)30-13-15-7-5-6-8-16(15)23/h3,5-8,10-12H,1,4,9,13H2,2H3,(H,25,28)/b18-11+. The van der Waals surface area contributed by atoms with Gasteiger partial charge < -0.3 is 14.8 Å². The Labute approximate surface area is 193 Å². The number of carbonyl (C=O) groups excluding carboxylic acids is 2. The largest absolute Gasteiger partial charge is 0.490 e. The Balaban J connectivity index is 1.88. The van der Waals surface area contributed by atoms with Crippen molar-refractivity contribution >= 4 is 52.2 Å². The molecule has 0 aliphatic carbocycles. The van der Waals surface area contributed by atoms with Crippen LogP contribution in [-0.2, 0) is 11.4 Å². The summed E-state index contributed by atoms with van der Waals surface area (Å²) in [7, 11) is 0. The number of carbonyl (C=O) groups is 2. The maximum Gasteiger partial charge on any atom is 0.329 e. The minimum Gasteiger partial charge on any atom is -0.490 e. The van der Waals surface area contributed by atoms with Gasteiger partial charge in [0, 0.05) is 17.1 Å². The summed E-state index contributed by atoms with van der Waals surface area (Å²) in [5, 5.41) is 3.22. The highest BCUT2D eigenvalue weighted by Crippen LogP contribution is 2.36. The summed E-state index contributed by atoms with van der Waals surface area (Å²) in [6.45, 7) is 6.34. The van der Waals surface area contributed by atoms with Gasteiger partial charge in [-0.05, 0) is 59.4 Å². The van der Waals surface area contributed by atoms with E-state index in [0.29, 0.717) is 35.3 Å². The van der Waals surface area contributed by atoms with Crippen LogP contribution in [-0.4, -0.2) is 30.0 Å². The third-order valence-corrected chi connectivity index (χ3v) is 5.42. The first-order valence-corrected chi connectivity index (χ1v) is 10.7. The Kier molecular flexibility index (Phi) is 7.38. The number of imide groups is 1. The highest BCUT2D eigenvalue weighted by molar-refractivity contribution is 14.1. The average Bonchev–Trinajstić information content (AvgIpc) is 2.96. The number of halogens is 2. The third-order valence-electron chi connectivity index (χ3n) is 4.25. The lowest BCUT2D eigenvalue weighted by Crippen LogP contribution is -2.30. The zero-order valence-corrected chi connectivity index (χ0v) is 19.2. The third kappa shape index (κ3) is 4.96. The van der Waals surface area contributed by atoms with Gasteiger partial charge in [-0.3, -0.25) is 9.69 Å². The number of nitrogens with one attached hydrogen (secondary N) is 1. The molecule has 2 aromatic carbocycles. The monoisotopic (exact) mass is 538 g/mol. The van der Waals surface area contributed by atoms with Crippen LogP contribution in [0.5, 0.6) is 11.5 Å². The molecule has 0 radical (unpaired) electrons. The minimum absolute atomic E-state index is 0.151. The fourth-order valence-corrected chi connectivity index (χ4v) is 3.84. The summed E-state index contributed by atoms with van der Waals surface area (Å²) in [6, 6.07) is 10.6. The second kappa shape index (κ2) is 9.99. The number of amides is 3. The summed E-state index contributed by atoms with van der Waals surface area (Å²) in [5.41, 5.74) is 1.77. The number of ether oxygens (including phenoxy) is 2. The average molecular weight is 539 g/mol. The molecule has 0 unspecified atom stereocenters. The van der Waals surface area contributed by atoms with Gasteiger partial charge in [0.15, 0.2) is 11.5 Å². The van der Waals surface area contributed by atoms with E-state index in [9.17, 15) is 9.59 Å². The first kappa shape index (κ1) is 22.2. The second-order valence-electron chi connectivity index (χ2n) is 6.34. The Hall–Kier alpha value is -2.52. The second-order valence-corrected chi connectivity index (χ2v) is 7.91. The Morgan fingerprint density at radius 3 is 2.70 bits per heavy atom. The number of benzene rings is 2. The van der Waals surface area contributed by atoms with Crippen LogP contribution < -0.4 is 14.8 Å². The van der Waals surface area contributed by atoms with E-state index in [1.165, 1.54) is 6.08 Å². The summed E-state index contributed by atoms with van der Waals surface area (Å²) < 4.78 is 12.6. The SMILES string of the molecule is C=CCN1C(=O)N/C(=C/c2cc(I)c(OCc3ccccc3Cl)c(OCC)c2)C1=O. The smallest absolute Gasteiger partial charge is 0.329 e. The van der Waals surface area contributed by atoms with E-state index >= 15 is 0 Å². The van der Waals surface area contributed by atoms with Crippen molar-refractivity contribution in [1.82, 2.24) is 10.2 Å². The van der Waals surface area contributed by atoms with E-state index in [1.807, 2.05) is 37.3 Å². The Morgan fingerprint density at radius 1 is 1.23 bits per heavy atom. The first-order chi connectivity index (χ1) is 14.4. The molecular formula is C22H20ClIN2O4. The molecule has 0 aromatic heterocycles. The van der Waals surface area contributed by atoms with Crippen molar-refractivity contribution in [1.29, 1.82) is 0 Å². The summed E-state index contributed by atoms with van der Waals surface area (Å²) in [4.78, 5) is 25.5. The van der Waals surface area contributed by atoms with Gasteiger partial charge in [-0.1, -0.05) is 35.9 Å². The summed E-state index contributed by atoms with van der Waals surface area (Å²) in [5.74, 6) is 0.740. The molecule has 1 aliphatic rings. The van der Waals surface area contributed by atoms with Crippen LogP contribution in [0.2, 0.25) is 5.02 Å². The van der Waals surface area contributed by atoms with Gasteiger partial charge >= 0.3 is 6.03 Å². The maximum absolute atomic E-state index is 12.4. The van der Waals surface area contributed by atoms with Gasteiger partial charge in [-0.25, -0.2) is 4.79 Å². The van der Waals surface area contributed by atoms with Crippen LogP contribution in [0.15, 0.2) is 54.8 Å². The van der Waals surface area contributed by atoms with Gasteiger partial charge in [-0.2, -0.15) is 0 Å². The number of nitrogens with zero attached hydrogens (tertiary/aromatic N) is 1. The fourth-order valence-electron chi connectivity index (χ4n) is 2.87. The van der Waals surface area contributed by atoms with Crippen molar-refractivity contribution in [3.05, 3.63) is 74.5 Å². The van der Waals surface area contributed by atoms with Crippen molar-refractivity contribution in [2.24, 2.45) is 0 Å².